The van der Waals surface area contributed by atoms with Gasteiger partial charge in [0, 0.05) is 18.7 Å². The van der Waals surface area contributed by atoms with Gasteiger partial charge in [0.2, 0.25) is 0 Å². The molecule has 0 unspecified atom stereocenters. The van der Waals surface area contributed by atoms with Crippen molar-refractivity contribution < 1.29 is 5.11 Å². The van der Waals surface area contributed by atoms with Crippen molar-refractivity contribution in [1.29, 1.82) is 0 Å². The van der Waals surface area contributed by atoms with Crippen LogP contribution in [0.3, 0.4) is 0 Å². The van der Waals surface area contributed by atoms with Crippen LogP contribution < -0.4 is 5.32 Å². The minimum Gasteiger partial charge on any atom is -0.390 e. The van der Waals surface area contributed by atoms with E-state index in [-0.39, 0.29) is 0 Å². The molecule has 0 aromatic heterocycles. The van der Waals surface area contributed by atoms with E-state index in [9.17, 15) is 5.11 Å². The standard InChI is InChI=1S/C13H19NO/c1-13(2,15)9-10-5-6-12-11(8-10)4-3-7-14-12/h5-6,8,14-15H,3-4,7,9H2,1-2H3. The highest BCUT2D eigenvalue weighted by molar-refractivity contribution is 5.54. The zero-order chi connectivity index (χ0) is 10.9. The minimum absolute atomic E-state index is 0.615. The van der Waals surface area contributed by atoms with Crippen molar-refractivity contribution in [1.82, 2.24) is 0 Å². The van der Waals surface area contributed by atoms with Crippen molar-refractivity contribution in [2.24, 2.45) is 0 Å². The summed E-state index contributed by atoms with van der Waals surface area (Å²) in [4.78, 5) is 0. The maximum atomic E-state index is 9.76. The summed E-state index contributed by atoms with van der Waals surface area (Å²) in [5.41, 5.74) is 3.27. The van der Waals surface area contributed by atoms with Crippen LogP contribution in [-0.2, 0) is 12.8 Å². The second-order valence-electron chi connectivity index (χ2n) is 5.01. The van der Waals surface area contributed by atoms with E-state index in [0.29, 0.717) is 0 Å². The molecule has 0 atom stereocenters. The highest BCUT2D eigenvalue weighted by Gasteiger charge is 2.15. The zero-order valence-corrected chi connectivity index (χ0v) is 9.51. The lowest BCUT2D eigenvalue weighted by atomic mass is 9.94. The van der Waals surface area contributed by atoms with Crippen molar-refractivity contribution in [3.05, 3.63) is 29.3 Å². The molecule has 1 aromatic rings. The molecular formula is C13H19NO. The molecule has 1 aliphatic rings. The van der Waals surface area contributed by atoms with Crippen LogP contribution in [0.4, 0.5) is 5.69 Å². The number of nitrogens with one attached hydrogen (secondary N) is 1. The van der Waals surface area contributed by atoms with Crippen molar-refractivity contribution in [2.45, 2.75) is 38.7 Å². The monoisotopic (exact) mass is 205 g/mol. The summed E-state index contributed by atoms with van der Waals surface area (Å²) < 4.78 is 0. The van der Waals surface area contributed by atoms with E-state index in [1.54, 1.807) is 0 Å². The van der Waals surface area contributed by atoms with Gasteiger partial charge < -0.3 is 10.4 Å². The average molecular weight is 205 g/mol. The van der Waals surface area contributed by atoms with Gasteiger partial charge in [-0.3, -0.25) is 0 Å². The van der Waals surface area contributed by atoms with Crippen molar-refractivity contribution in [3.8, 4) is 0 Å². The average Bonchev–Trinajstić information content (AvgIpc) is 2.15. The van der Waals surface area contributed by atoms with E-state index in [1.807, 2.05) is 13.8 Å². The lowest BCUT2D eigenvalue weighted by molar-refractivity contribution is 0.0810. The van der Waals surface area contributed by atoms with E-state index in [0.717, 1.165) is 19.4 Å². The molecule has 0 radical (unpaired) electrons. The maximum Gasteiger partial charge on any atom is 0.0631 e. The van der Waals surface area contributed by atoms with Gasteiger partial charge in [0.1, 0.15) is 0 Å². The molecule has 0 bridgehead atoms. The molecule has 0 saturated heterocycles. The number of fused-ring (bicyclic) bond motifs is 1. The SMILES string of the molecule is CC(C)(O)Cc1ccc2c(c1)CCCN2. The molecule has 2 rings (SSSR count). The molecule has 2 N–H and O–H groups in total. The van der Waals surface area contributed by atoms with Crippen molar-refractivity contribution in [3.63, 3.8) is 0 Å². The summed E-state index contributed by atoms with van der Waals surface area (Å²) in [6, 6.07) is 6.46. The molecule has 0 fully saturated rings. The van der Waals surface area contributed by atoms with Crippen LogP contribution in [-0.4, -0.2) is 17.3 Å². The second-order valence-corrected chi connectivity index (χ2v) is 5.01. The van der Waals surface area contributed by atoms with Crippen LogP contribution in [0.25, 0.3) is 0 Å². The van der Waals surface area contributed by atoms with E-state index < -0.39 is 5.60 Å². The van der Waals surface area contributed by atoms with Crippen LogP contribution in [0, 0.1) is 0 Å². The normalized spacial score (nSPS) is 15.7. The molecule has 0 aliphatic carbocycles. The predicted octanol–water partition coefficient (Wildman–Crippen LogP) is 2.36. The number of aryl methyl sites for hydroxylation is 1. The molecule has 2 nitrogen and oxygen atoms in total. The largest absolute Gasteiger partial charge is 0.390 e. The number of aliphatic hydroxyl groups is 1. The third-order valence-corrected chi connectivity index (χ3v) is 2.74. The maximum absolute atomic E-state index is 9.76. The first-order chi connectivity index (χ1) is 7.04. The molecule has 1 aromatic carbocycles. The topological polar surface area (TPSA) is 32.3 Å². The zero-order valence-electron chi connectivity index (χ0n) is 9.51. The molecule has 1 aliphatic heterocycles. The van der Waals surface area contributed by atoms with Crippen molar-refractivity contribution >= 4 is 5.69 Å². The Hall–Kier alpha value is -1.02. The van der Waals surface area contributed by atoms with E-state index in [1.165, 1.54) is 23.2 Å². The quantitative estimate of drug-likeness (QED) is 0.777. The first-order valence-corrected chi connectivity index (χ1v) is 5.63. The Morgan fingerprint density at radius 1 is 1.40 bits per heavy atom. The molecule has 0 saturated carbocycles. The fourth-order valence-corrected chi connectivity index (χ4v) is 2.14. The Balaban J connectivity index is 2.21. The van der Waals surface area contributed by atoms with Gasteiger partial charge in [-0.05, 0) is 43.9 Å². The fourth-order valence-electron chi connectivity index (χ4n) is 2.14. The summed E-state index contributed by atoms with van der Waals surface area (Å²) in [7, 11) is 0. The molecule has 2 heteroatoms. The number of hydrogen-bond acceptors (Lipinski definition) is 2. The minimum atomic E-state index is -0.615. The van der Waals surface area contributed by atoms with Crippen LogP contribution in [0.2, 0.25) is 0 Å². The van der Waals surface area contributed by atoms with Gasteiger partial charge in [0.15, 0.2) is 0 Å². The first kappa shape index (κ1) is 10.5. The fraction of sp³-hybridized carbons (Fsp3) is 0.538. The van der Waals surface area contributed by atoms with E-state index in [4.69, 9.17) is 0 Å². The molecule has 15 heavy (non-hydrogen) atoms. The Labute approximate surface area is 91.3 Å². The number of rotatable bonds is 2. The van der Waals surface area contributed by atoms with Gasteiger partial charge in [-0.1, -0.05) is 12.1 Å². The molecule has 0 spiro atoms. The van der Waals surface area contributed by atoms with Gasteiger partial charge >= 0.3 is 0 Å². The third-order valence-electron chi connectivity index (χ3n) is 2.74. The smallest absolute Gasteiger partial charge is 0.0631 e. The van der Waals surface area contributed by atoms with Crippen LogP contribution in [0.15, 0.2) is 18.2 Å². The number of hydrogen-bond donors (Lipinski definition) is 2. The lowest BCUT2D eigenvalue weighted by Gasteiger charge is -2.21. The lowest BCUT2D eigenvalue weighted by Crippen LogP contribution is -2.22. The Morgan fingerprint density at radius 2 is 2.20 bits per heavy atom. The van der Waals surface area contributed by atoms with E-state index >= 15 is 0 Å². The summed E-state index contributed by atoms with van der Waals surface area (Å²) in [5.74, 6) is 0. The highest BCUT2D eigenvalue weighted by Crippen LogP contribution is 2.24. The second kappa shape index (κ2) is 3.86. The molecule has 0 amide bonds. The van der Waals surface area contributed by atoms with Crippen LogP contribution >= 0.6 is 0 Å². The first-order valence-electron chi connectivity index (χ1n) is 5.63. The van der Waals surface area contributed by atoms with Crippen LogP contribution in [0.5, 0.6) is 0 Å². The summed E-state index contributed by atoms with van der Waals surface area (Å²) in [5, 5.41) is 13.1. The summed E-state index contributed by atoms with van der Waals surface area (Å²) in [6.45, 7) is 4.78. The predicted molar refractivity (Wildman–Crippen MR) is 63.3 cm³/mol. The summed E-state index contributed by atoms with van der Waals surface area (Å²) in [6.07, 6.45) is 3.08. The number of benzene rings is 1. The van der Waals surface area contributed by atoms with E-state index in [2.05, 4.69) is 23.5 Å². The van der Waals surface area contributed by atoms with Crippen LogP contribution in [0.1, 0.15) is 31.4 Å². The Kier molecular flexibility index (Phi) is 2.70. The molecular weight excluding hydrogens is 186 g/mol. The summed E-state index contributed by atoms with van der Waals surface area (Å²) >= 11 is 0. The Bertz CT molecular complexity index is 352. The van der Waals surface area contributed by atoms with Crippen molar-refractivity contribution in [2.75, 3.05) is 11.9 Å². The third kappa shape index (κ3) is 2.72. The number of anilines is 1. The molecule has 82 valence electrons. The van der Waals surface area contributed by atoms with Gasteiger partial charge in [-0.25, -0.2) is 0 Å². The molecule has 1 heterocycles. The highest BCUT2D eigenvalue weighted by atomic mass is 16.3. The van der Waals surface area contributed by atoms with Gasteiger partial charge in [0.05, 0.1) is 5.60 Å². The van der Waals surface area contributed by atoms with Gasteiger partial charge in [0.25, 0.3) is 0 Å². The van der Waals surface area contributed by atoms with Gasteiger partial charge in [-0.2, -0.15) is 0 Å². The Morgan fingerprint density at radius 3 is 2.93 bits per heavy atom. The van der Waals surface area contributed by atoms with Gasteiger partial charge in [-0.15, -0.1) is 0 Å².